The fourth-order valence-corrected chi connectivity index (χ4v) is 8.43. The van der Waals surface area contributed by atoms with E-state index in [2.05, 4.69) is 31.9 Å². The molecule has 1 aliphatic carbocycles. The van der Waals surface area contributed by atoms with Crippen LogP contribution in [0.5, 0.6) is 5.75 Å². The van der Waals surface area contributed by atoms with E-state index < -0.39 is 74.4 Å². The first-order valence-corrected chi connectivity index (χ1v) is 21.3. The molecule has 0 bridgehead atoms. The van der Waals surface area contributed by atoms with Gasteiger partial charge in [-0.05, 0) is 75.4 Å². The Kier molecular flexibility index (Phi) is 11.8. The van der Waals surface area contributed by atoms with Crippen LogP contribution in [0.1, 0.15) is 66.0 Å². The number of methoxy groups -OCH3 is 1. The van der Waals surface area contributed by atoms with Crippen LogP contribution in [-0.4, -0.2) is 99.0 Å². The molecule has 4 heterocycles. The van der Waals surface area contributed by atoms with Gasteiger partial charge in [0.25, 0.3) is 15.9 Å². The number of rotatable bonds is 12. The zero-order chi connectivity index (χ0) is 43.1. The molecule has 19 heteroatoms. The molecule has 17 nitrogen and oxygen atoms in total. The molecule has 0 spiro atoms. The van der Waals surface area contributed by atoms with Crippen molar-refractivity contribution in [3.05, 3.63) is 72.4 Å². The first-order chi connectivity index (χ1) is 27.7. The number of likely N-dealkylation sites (tertiary alicyclic amines) is 1. The second kappa shape index (κ2) is 16.2. The number of amides is 4. The van der Waals surface area contributed by atoms with Gasteiger partial charge in [0.1, 0.15) is 45.4 Å². The quantitative estimate of drug-likeness (QED) is 0.169. The number of nitrogens with one attached hydrogen (secondary N) is 3. The summed E-state index contributed by atoms with van der Waals surface area (Å²) in [7, 11) is -2.85. The SMILES string of the molecule is C=C[C@@H]1C[C@@]1(NC(=O)[C@@H]1C[C@@H](n2nc(-c3ccc(OC)cc3)c(-c3nccs3)n2)CN1C(=O)[C@@H](NC(=O)OC(C)(C)C)C(C)(C)C)C(=O)NS(=O)(=O)c1ccc(C)cn1. The van der Waals surface area contributed by atoms with Crippen LogP contribution in [0, 0.1) is 18.3 Å². The Morgan fingerprint density at radius 3 is 2.27 bits per heavy atom. The molecule has 314 valence electrons. The van der Waals surface area contributed by atoms with Crippen molar-refractivity contribution in [1.29, 1.82) is 0 Å². The van der Waals surface area contributed by atoms with Crippen LogP contribution >= 0.6 is 11.3 Å². The molecule has 3 N–H and O–H groups in total. The lowest BCUT2D eigenvalue weighted by atomic mass is 9.85. The summed E-state index contributed by atoms with van der Waals surface area (Å²) < 4.78 is 39.4. The topological polar surface area (TPSA) is 217 Å². The Balaban J connectivity index is 1.36. The van der Waals surface area contributed by atoms with E-state index in [1.54, 1.807) is 80.0 Å². The third-order valence-electron chi connectivity index (χ3n) is 10.0. The lowest BCUT2D eigenvalue weighted by molar-refractivity contribution is -0.143. The number of sulfonamides is 1. The van der Waals surface area contributed by atoms with Crippen LogP contribution in [0.15, 0.2) is 71.9 Å². The number of pyridine rings is 1. The van der Waals surface area contributed by atoms with Crippen molar-refractivity contribution in [1.82, 2.24) is 45.2 Å². The van der Waals surface area contributed by atoms with E-state index in [4.69, 9.17) is 19.7 Å². The predicted octanol–water partition coefficient (Wildman–Crippen LogP) is 4.43. The smallest absolute Gasteiger partial charge is 0.408 e. The lowest BCUT2D eigenvalue weighted by Gasteiger charge is -2.36. The first kappa shape index (κ1) is 42.9. The van der Waals surface area contributed by atoms with Gasteiger partial charge in [0.05, 0.1) is 13.2 Å². The van der Waals surface area contributed by atoms with Crippen molar-refractivity contribution in [3.63, 3.8) is 0 Å². The monoisotopic (exact) mass is 847 g/mol. The van der Waals surface area contributed by atoms with Crippen LogP contribution < -0.4 is 20.1 Å². The number of hydrogen-bond acceptors (Lipinski definition) is 13. The zero-order valence-corrected chi connectivity index (χ0v) is 35.8. The molecule has 4 aromatic rings. The maximum Gasteiger partial charge on any atom is 0.408 e. The number of aromatic nitrogens is 5. The Hall–Kier alpha value is -5.69. The highest BCUT2D eigenvalue weighted by molar-refractivity contribution is 7.90. The average molecular weight is 848 g/mol. The molecule has 6 rings (SSSR count). The highest BCUT2D eigenvalue weighted by Crippen LogP contribution is 2.45. The summed E-state index contributed by atoms with van der Waals surface area (Å²) in [6.07, 6.45) is 3.71. The van der Waals surface area contributed by atoms with E-state index in [0.717, 1.165) is 11.1 Å². The molecule has 5 atom stereocenters. The Morgan fingerprint density at radius 2 is 1.71 bits per heavy atom. The minimum Gasteiger partial charge on any atom is -0.497 e. The number of alkyl carbamates (subject to hydrolysis) is 1. The van der Waals surface area contributed by atoms with Crippen molar-refractivity contribution in [2.75, 3.05) is 13.7 Å². The largest absolute Gasteiger partial charge is 0.497 e. The third kappa shape index (κ3) is 9.30. The first-order valence-electron chi connectivity index (χ1n) is 18.9. The Morgan fingerprint density at radius 1 is 1.02 bits per heavy atom. The molecule has 3 aromatic heterocycles. The van der Waals surface area contributed by atoms with Crippen LogP contribution in [0.4, 0.5) is 4.79 Å². The molecular formula is C40H49N9O8S2. The fraction of sp³-hybridized carbons (Fsp3) is 0.450. The van der Waals surface area contributed by atoms with E-state index in [0.29, 0.717) is 22.1 Å². The summed E-state index contributed by atoms with van der Waals surface area (Å²) in [5.41, 5.74) is -0.960. The number of nitrogens with zero attached hydrogens (tertiary/aromatic N) is 6. The van der Waals surface area contributed by atoms with Gasteiger partial charge in [-0.15, -0.1) is 23.0 Å². The van der Waals surface area contributed by atoms with Crippen molar-refractivity contribution in [2.45, 2.75) is 95.6 Å². The summed E-state index contributed by atoms with van der Waals surface area (Å²) in [5, 5.41) is 17.3. The lowest BCUT2D eigenvalue weighted by Crippen LogP contribution is -2.60. The second-order valence-electron chi connectivity index (χ2n) is 16.7. The molecular weight excluding hydrogens is 799 g/mol. The van der Waals surface area contributed by atoms with Crippen molar-refractivity contribution < 1.29 is 37.1 Å². The average Bonchev–Trinajstić information content (AvgIpc) is 3.60. The number of carbonyl (C=O) groups excluding carboxylic acids is 4. The van der Waals surface area contributed by atoms with Gasteiger partial charge in [0, 0.05) is 42.2 Å². The highest BCUT2D eigenvalue weighted by Gasteiger charge is 2.61. The van der Waals surface area contributed by atoms with Gasteiger partial charge in [-0.25, -0.2) is 19.5 Å². The summed E-state index contributed by atoms with van der Waals surface area (Å²) in [6.45, 7) is 15.9. The maximum atomic E-state index is 14.8. The van der Waals surface area contributed by atoms with E-state index in [9.17, 15) is 27.6 Å². The number of thiazole rings is 1. The van der Waals surface area contributed by atoms with Crippen LogP contribution in [0.25, 0.3) is 22.0 Å². The predicted molar refractivity (Wildman–Crippen MR) is 218 cm³/mol. The molecule has 1 saturated heterocycles. The van der Waals surface area contributed by atoms with Gasteiger partial charge >= 0.3 is 6.09 Å². The van der Waals surface area contributed by atoms with Gasteiger partial charge in [0.15, 0.2) is 5.03 Å². The van der Waals surface area contributed by atoms with Gasteiger partial charge in [-0.3, -0.25) is 14.4 Å². The molecule has 59 heavy (non-hydrogen) atoms. The molecule has 1 aromatic carbocycles. The summed E-state index contributed by atoms with van der Waals surface area (Å²) in [6, 6.07) is 7.04. The number of aryl methyl sites for hydroxylation is 1. The van der Waals surface area contributed by atoms with Gasteiger partial charge in [0.2, 0.25) is 11.8 Å². The summed E-state index contributed by atoms with van der Waals surface area (Å²) in [5.74, 6) is -2.26. The Bertz CT molecular complexity index is 2330. The molecule has 1 aliphatic heterocycles. The maximum absolute atomic E-state index is 14.8. The number of benzene rings is 1. The number of ether oxygens (including phenoxy) is 2. The van der Waals surface area contributed by atoms with E-state index in [1.807, 2.05) is 17.5 Å². The molecule has 1 saturated carbocycles. The van der Waals surface area contributed by atoms with Crippen molar-refractivity contribution in [3.8, 4) is 27.7 Å². The standard InChI is InChI=1S/C40H49N9O8S2/c1-10-25-20-40(25,36(52)47-59(54,55)29-16-11-23(2)21-42-29)44-33(50)28-19-26(22-48(28)35(51)32(38(3,4)5)43-37(53)57-39(6,7)8)49-45-30(24-12-14-27(56-9)15-13-24)31(46-49)34-41-17-18-58-34/h10-18,21,25-26,28,32H,1,19-20,22H2,2-9H3,(H,43,53)(H,44,50)(H,47,52)/t25-,26-,28+,32-,40+/m1/s1. The minimum absolute atomic E-state index is 0.00302. The summed E-state index contributed by atoms with van der Waals surface area (Å²) >= 11 is 1.37. The minimum atomic E-state index is -4.42. The second-order valence-corrected chi connectivity index (χ2v) is 19.3. The Labute approximate surface area is 347 Å². The highest BCUT2D eigenvalue weighted by atomic mass is 32.2. The molecule has 4 amide bonds. The number of carbonyl (C=O) groups is 4. The van der Waals surface area contributed by atoms with Crippen LogP contribution in [0.3, 0.4) is 0 Å². The molecule has 2 fully saturated rings. The fourth-order valence-electron chi connectivity index (χ4n) is 6.84. The van der Waals surface area contributed by atoms with E-state index >= 15 is 0 Å². The zero-order valence-electron chi connectivity index (χ0n) is 34.2. The van der Waals surface area contributed by atoms with Gasteiger partial charge < -0.3 is 25.0 Å². The normalized spacial score (nSPS) is 20.9. The van der Waals surface area contributed by atoms with Crippen LogP contribution in [0.2, 0.25) is 0 Å². The van der Waals surface area contributed by atoms with Crippen molar-refractivity contribution in [2.24, 2.45) is 11.3 Å². The van der Waals surface area contributed by atoms with Gasteiger partial charge in [-0.2, -0.15) is 18.3 Å². The number of hydrogen-bond donors (Lipinski definition) is 3. The third-order valence-corrected chi connectivity index (χ3v) is 12.1. The summed E-state index contributed by atoms with van der Waals surface area (Å²) in [4.78, 5) is 67.5. The molecule has 0 unspecified atom stereocenters. The van der Waals surface area contributed by atoms with E-state index in [-0.39, 0.29) is 24.4 Å². The molecule has 2 aliphatic rings. The van der Waals surface area contributed by atoms with Gasteiger partial charge in [-0.1, -0.05) is 32.9 Å². The van der Waals surface area contributed by atoms with Crippen molar-refractivity contribution >= 4 is 45.2 Å². The van der Waals surface area contributed by atoms with Crippen LogP contribution in [-0.2, 0) is 29.1 Å². The molecule has 0 radical (unpaired) electrons. The van der Waals surface area contributed by atoms with E-state index in [1.165, 1.54) is 39.4 Å².